The van der Waals surface area contributed by atoms with Gasteiger partial charge in [-0.15, -0.1) is 0 Å². The third-order valence-electron chi connectivity index (χ3n) is 8.35. The van der Waals surface area contributed by atoms with Gasteiger partial charge in [0.05, 0.1) is 19.3 Å². The molecule has 1 unspecified atom stereocenters. The Hall–Kier alpha value is -3.24. The van der Waals surface area contributed by atoms with Crippen LogP contribution >= 0.6 is 0 Å². The van der Waals surface area contributed by atoms with Crippen LogP contribution in [0.2, 0.25) is 0 Å². The standard InChI is InChI=1S/C27H34F2N6O3/c1-15(2)21-11-30-35-23(10-22(17-4-5-17)32-24(21)35)31-18-8-19-6-7-20(9-18)34(19)26(37)38-14-27(29)12-33(13-27)25(36)16(3)28/h10-11,15,17-20,31H,3-9,12-14H2,1-2H3/t18?,19-,20+. The number of ether oxygens (including phenoxy) is 1. The number of nitrogens with zero attached hydrogens (tertiary/aromatic N) is 5. The molecule has 3 aliphatic heterocycles. The zero-order valence-corrected chi connectivity index (χ0v) is 21.8. The molecule has 38 heavy (non-hydrogen) atoms. The van der Waals surface area contributed by atoms with Gasteiger partial charge in [-0.05, 0) is 44.4 Å². The van der Waals surface area contributed by atoms with Gasteiger partial charge in [-0.3, -0.25) is 4.79 Å². The number of carbonyl (C=O) groups excluding carboxylic acids is 2. The number of likely N-dealkylation sites (tertiary alicyclic amines) is 1. The number of nitrogens with one attached hydrogen (secondary N) is 1. The molecule has 11 heteroatoms. The molecule has 2 amide bonds. The van der Waals surface area contributed by atoms with E-state index < -0.39 is 30.1 Å². The zero-order valence-electron chi connectivity index (χ0n) is 21.8. The minimum absolute atomic E-state index is 0.00715. The van der Waals surface area contributed by atoms with Crippen LogP contribution in [-0.4, -0.2) is 79.9 Å². The van der Waals surface area contributed by atoms with Gasteiger partial charge in [0.15, 0.2) is 17.1 Å². The molecular formula is C27H34F2N6O3. The molecule has 4 fully saturated rings. The van der Waals surface area contributed by atoms with Crippen molar-refractivity contribution in [1.29, 1.82) is 0 Å². The average molecular weight is 529 g/mol. The van der Waals surface area contributed by atoms with E-state index >= 15 is 0 Å². The van der Waals surface area contributed by atoms with Crippen molar-refractivity contribution in [3.05, 3.63) is 35.9 Å². The minimum atomic E-state index is -1.86. The van der Waals surface area contributed by atoms with Gasteiger partial charge >= 0.3 is 6.09 Å². The summed E-state index contributed by atoms with van der Waals surface area (Å²) in [5.41, 5.74) is 1.29. The number of rotatable bonds is 7. The summed E-state index contributed by atoms with van der Waals surface area (Å²) >= 11 is 0. The molecule has 5 heterocycles. The highest BCUT2D eigenvalue weighted by molar-refractivity contribution is 5.91. The molecule has 0 radical (unpaired) electrons. The normalized spacial score (nSPS) is 26.0. The van der Waals surface area contributed by atoms with E-state index in [-0.39, 0.29) is 31.2 Å². The van der Waals surface area contributed by atoms with Crippen LogP contribution in [0, 0.1) is 0 Å². The smallest absolute Gasteiger partial charge is 0.410 e. The van der Waals surface area contributed by atoms with Crippen molar-refractivity contribution >= 4 is 23.5 Å². The molecule has 2 aromatic heterocycles. The van der Waals surface area contributed by atoms with Crippen molar-refractivity contribution in [3.63, 3.8) is 0 Å². The number of hydrogen-bond donors (Lipinski definition) is 1. The second-order valence-electron chi connectivity index (χ2n) is 11.7. The topological polar surface area (TPSA) is 92.1 Å². The summed E-state index contributed by atoms with van der Waals surface area (Å²) in [6, 6.07) is 2.30. The van der Waals surface area contributed by atoms with Crippen molar-refractivity contribution in [2.24, 2.45) is 0 Å². The first kappa shape index (κ1) is 25.1. The van der Waals surface area contributed by atoms with E-state index in [0.29, 0.717) is 11.8 Å². The number of fused-ring (bicyclic) bond motifs is 3. The molecule has 2 bridgehead atoms. The highest BCUT2D eigenvalue weighted by atomic mass is 19.1. The van der Waals surface area contributed by atoms with Crippen molar-refractivity contribution in [2.75, 3.05) is 25.0 Å². The maximum Gasteiger partial charge on any atom is 0.410 e. The van der Waals surface area contributed by atoms with Gasteiger partial charge in [0, 0.05) is 41.4 Å². The quantitative estimate of drug-likeness (QED) is 0.539. The highest BCUT2D eigenvalue weighted by Gasteiger charge is 2.49. The molecule has 2 aromatic rings. The number of alkyl halides is 1. The predicted molar refractivity (Wildman–Crippen MR) is 136 cm³/mol. The van der Waals surface area contributed by atoms with Gasteiger partial charge in [0.1, 0.15) is 12.4 Å². The lowest BCUT2D eigenvalue weighted by atomic mass is 9.97. The first-order valence-electron chi connectivity index (χ1n) is 13.5. The first-order valence-corrected chi connectivity index (χ1v) is 13.5. The summed E-state index contributed by atoms with van der Waals surface area (Å²) in [5.74, 6) is -0.283. The largest absolute Gasteiger partial charge is 0.446 e. The Morgan fingerprint density at radius 1 is 1.21 bits per heavy atom. The van der Waals surface area contributed by atoms with E-state index in [9.17, 15) is 18.4 Å². The Morgan fingerprint density at radius 2 is 1.89 bits per heavy atom. The molecule has 3 saturated heterocycles. The molecule has 1 saturated carbocycles. The van der Waals surface area contributed by atoms with E-state index in [1.54, 1.807) is 4.90 Å². The summed E-state index contributed by atoms with van der Waals surface area (Å²) in [5, 5.41) is 8.34. The van der Waals surface area contributed by atoms with Gasteiger partial charge < -0.3 is 19.9 Å². The van der Waals surface area contributed by atoms with Crippen LogP contribution in [0.5, 0.6) is 0 Å². The van der Waals surface area contributed by atoms with Gasteiger partial charge in [-0.25, -0.2) is 18.6 Å². The number of anilines is 1. The van der Waals surface area contributed by atoms with E-state index in [1.165, 1.54) is 0 Å². The lowest BCUT2D eigenvalue weighted by Crippen LogP contribution is -2.63. The van der Waals surface area contributed by atoms with Crippen LogP contribution in [0.25, 0.3) is 5.65 Å². The Bertz CT molecular complexity index is 1270. The highest BCUT2D eigenvalue weighted by Crippen LogP contribution is 2.42. The van der Waals surface area contributed by atoms with Crippen molar-refractivity contribution in [1.82, 2.24) is 24.4 Å². The van der Waals surface area contributed by atoms with Crippen molar-refractivity contribution < 1.29 is 23.1 Å². The number of amides is 2. The Balaban J connectivity index is 1.10. The van der Waals surface area contributed by atoms with E-state index in [0.717, 1.165) is 66.1 Å². The Kier molecular flexibility index (Phi) is 6.07. The van der Waals surface area contributed by atoms with Gasteiger partial charge in [0.2, 0.25) is 0 Å². The third kappa shape index (κ3) is 4.49. The lowest BCUT2D eigenvalue weighted by Gasteiger charge is -2.44. The van der Waals surface area contributed by atoms with Crippen molar-refractivity contribution in [2.45, 2.75) is 88.0 Å². The van der Waals surface area contributed by atoms with E-state index in [2.05, 4.69) is 36.9 Å². The Morgan fingerprint density at radius 3 is 2.50 bits per heavy atom. The molecule has 6 rings (SSSR count). The monoisotopic (exact) mass is 528 g/mol. The molecule has 204 valence electrons. The summed E-state index contributed by atoms with van der Waals surface area (Å²) in [6.45, 7) is 6.17. The molecule has 3 atom stereocenters. The van der Waals surface area contributed by atoms with Crippen LogP contribution in [-0.2, 0) is 9.53 Å². The molecule has 1 aliphatic carbocycles. The SMILES string of the molecule is C=C(F)C(=O)N1CC(F)(COC(=O)N2[C@@H]3CC[C@H]2CC(Nc2cc(C4CC4)nc4c(C(C)C)cnn24)C3)C1. The fraction of sp³-hybridized carbons (Fsp3) is 0.630. The number of carbonyl (C=O) groups is 2. The number of halogens is 2. The molecule has 9 nitrogen and oxygen atoms in total. The van der Waals surface area contributed by atoms with Gasteiger partial charge in [-0.1, -0.05) is 20.4 Å². The second kappa shape index (κ2) is 9.20. The van der Waals surface area contributed by atoms with Crippen LogP contribution in [0.4, 0.5) is 19.4 Å². The average Bonchev–Trinajstić information content (AvgIpc) is 3.55. The molecule has 0 aromatic carbocycles. The maximum absolute atomic E-state index is 14.8. The number of hydrogen-bond acceptors (Lipinski definition) is 6. The molecule has 1 N–H and O–H groups in total. The number of aromatic nitrogens is 3. The zero-order chi connectivity index (χ0) is 26.8. The van der Waals surface area contributed by atoms with Crippen LogP contribution in [0.15, 0.2) is 24.7 Å². The third-order valence-corrected chi connectivity index (χ3v) is 8.35. The summed E-state index contributed by atoms with van der Waals surface area (Å²) in [6.07, 6.45) is 6.97. The van der Waals surface area contributed by atoms with Gasteiger partial charge in [-0.2, -0.15) is 9.61 Å². The summed E-state index contributed by atoms with van der Waals surface area (Å²) < 4.78 is 35.1. The number of piperidine rings is 1. The van der Waals surface area contributed by atoms with Crippen molar-refractivity contribution in [3.8, 4) is 0 Å². The molecular weight excluding hydrogens is 494 g/mol. The van der Waals surface area contributed by atoms with Crippen LogP contribution < -0.4 is 5.32 Å². The van der Waals surface area contributed by atoms with Crippen LogP contribution in [0.3, 0.4) is 0 Å². The predicted octanol–water partition coefficient (Wildman–Crippen LogP) is 4.31. The molecule has 4 aliphatic rings. The lowest BCUT2D eigenvalue weighted by molar-refractivity contribution is -0.146. The summed E-state index contributed by atoms with van der Waals surface area (Å²) in [7, 11) is 0. The minimum Gasteiger partial charge on any atom is -0.446 e. The molecule has 0 spiro atoms. The maximum atomic E-state index is 14.8. The Labute approximate surface area is 220 Å². The first-order chi connectivity index (χ1) is 18.1. The van der Waals surface area contributed by atoms with Crippen LogP contribution in [0.1, 0.15) is 75.5 Å². The van der Waals surface area contributed by atoms with E-state index in [4.69, 9.17) is 9.72 Å². The fourth-order valence-corrected chi connectivity index (χ4v) is 6.21. The van der Waals surface area contributed by atoms with E-state index in [1.807, 2.05) is 10.7 Å². The fourth-order valence-electron chi connectivity index (χ4n) is 6.21. The summed E-state index contributed by atoms with van der Waals surface area (Å²) in [4.78, 5) is 32.2. The second-order valence-corrected chi connectivity index (χ2v) is 11.7. The van der Waals surface area contributed by atoms with Gasteiger partial charge in [0.25, 0.3) is 5.91 Å².